The maximum absolute atomic E-state index is 14.8. The second-order valence-electron chi connectivity index (χ2n) is 8.89. The van der Waals surface area contributed by atoms with Gasteiger partial charge in [0.2, 0.25) is 0 Å². The molecule has 4 aromatic rings. The van der Waals surface area contributed by atoms with Crippen LogP contribution in [-0.2, 0) is 25.7 Å². The molecule has 0 amide bonds. The summed E-state index contributed by atoms with van der Waals surface area (Å²) in [5.74, 6) is -0.476. The number of rotatable bonds is 4. The van der Waals surface area contributed by atoms with Gasteiger partial charge in [0.1, 0.15) is 11.9 Å². The molecule has 0 saturated carbocycles. The first-order valence-electron chi connectivity index (χ1n) is 11.6. The molecule has 37 heavy (non-hydrogen) atoms. The number of aromatic nitrogens is 4. The number of anilines is 1. The van der Waals surface area contributed by atoms with Crippen LogP contribution < -0.4 is 10.6 Å². The fourth-order valence-corrected chi connectivity index (χ4v) is 5.17. The number of alkyl halides is 3. The van der Waals surface area contributed by atoms with Crippen molar-refractivity contribution in [3.05, 3.63) is 76.4 Å². The molecular weight excluding hydrogens is 486 g/mol. The van der Waals surface area contributed by atoms with Gasteiger partial charge in [-0.05, 0) is 36.2 Å². The van der Waals surface area contributed by atoms with E-state index >= 15 is 0 Å². The molecule has 0 saturated heterocycles. The van der Waals surface area contributed by atoms with Crippen molar-refractivity contribution < 1.29 is 17.6 Å². The van der Waals surface area contributed by atoms with Crippen molar-refractivity contribution in [2.24, 2.45) is 0 Å². The van der Waals surface area contributed by atoms with Gasteiger partial charge >= 0.3 is 6.18 Å². The van der Waals surface area contributed by atoms with Gasteiger partial charge in [0, 0.05) is 72.6 Å². The maximum Gasteiger partial charge on any atom is 0.435 e. The first-order chi connectivity index (χ1) is 17.8. The third-order valence-corrected chi connectivity index (χ3v) is 6.67. The summed E-state index contributed by atoms with van der Waals surface area (Å²) in [6, 6.07) is 6.42. The number of nitriles is 1. The third-order valence-electron chi connectivity index (χ3n) is 6.67. The van der Waals surface area contributed by atoms with Crippen molar-refractivity contribution in [3.8, 4) is 34.0 Å². The van der Waals surface area contributed by atoms with Crippen LogP contribution in [0.15, 0.2) is 36.8 Å². The Hall–Kier alpha value is -4.30. The van der Waals surface area contributed by atoms with Crippen LogP contribution in [0, 0.1) is 17.1 Å². The molecule has 4 heterocycles. The molecule has 0 unspecified atom stereocenters. The minimum absolute atomic E-state index is 0.0358. The number of benzene rings is 1. The fraction of sp³-hybridized carbons (Fsp3) is 0.231. The van der Waals surface area contributed by atoms with E-state index in [1.54, 1.807) is 12.3 Å². The number of pyridine rings is 2. The highest BCUT2D eigenvalue weighted by Crippen LogP contribution is 2.47. The zero-order valence-corrected chi connectivity index (χ0v) is 19.5. The highest BCUT2D eigenvalue weighted by Gasteiger charge is 2.41. The lowest BCUT2D eigenvalue weighted by molar-refractivity contribution is -0.142. The number of fused-ring (bicyclic) bond motifs is 4. The van der Waals surface area contributed by atoms with E-state index in [2.05, 4.69) is 25.7 Å². The lowest BCUT2D eigenvalue weighted by atomic mass is 9.98. The van der Waals surface area contributed by atoms with Crippen LogP contribution in [-0.4, -0.2) is 26.3 Å². The average Bonchev–Trinajstić information content (AvgIpc) is 3.57. The van der Waals surface area contributed by atoms with Crippen LogP contribution in [0.2, 0.25) is 0 Å². The lowest BCUT2D eigenvalue weighted by Crippen LogP contribution is -2.14. The summed E-state index contributed by atoms with van der Waals surface area (Å²) in [5.41, 5.74) is 4.15. The Kier molecular flexibility index (Phi) is 5.24. The first-order valence-corrected chi connectivity index (χ1v) is 11.6. The van der Waals surface area contributed by atoms with Crippen LogP contribution in [0.25, 0.3) is 27.9 Å². The molecule has 6 rings (SSSR count). The summed E-state index contributed by atoms with van der Waals surface area (Å²) < 4.78 is 58.0. The summed E-state index contributed by atoms with van der Waals surface area (Å²) in [6.45, 7) is 2.69. The van der Waals surface area contributed by atoms with E-state index in [9.17, 15) is 22.8 Å². The van der Waals surface area contributed by atoms with Crippen LogP contribution in [0.5, 0.6) is 0 Å². The predicted octanol–water partition coefficient (Wildman–Crippen LogP) is 4.97. The molecule has 7 nitrogen and oxygen atoms in total. The molecule has 2 aliphatic rings. The average molecular weight is 505 g/mol. The van der Waals surface area contributed by atoms with Gasteiger partial charge in [-0.1, -0.05) is 0 Å². The van der Waals surface area contributed by atoms with Gasteiger partial charge in [-0.3, -0.25) is 9.97 Å². The minimum atomic E-state index is -4.65. The predicted molar refractivity (Wildman–Crippen MR) is 127 cm³/mol. The van der Waals surface area contributed by atoms with Crippen LogP contribution in [0.1, 0.15) is 40.7 Å². The topological polar surface area (TPSA) is 91.5 Å². The van der Waals surface area contributed by atoms with E-state index in [0.717, 1.165) is 5.56 Å². The van der Waals surface area contributed by atoms with Crippen molar-refractivity contribution in [2.45, 2.75) is 32.6 Å². The highest BCUT2D eigenvalue weighted by atomic mass is 19.4. The normalized spacial score (nSPS) is 13.7. The number of halogens is 4. The molecule has 0 bridgehead atoms. The highest BCUT2D eigenvalue weighted by molar-refractivity contribution is 5.92. The Balaban J connectivity index is 1.71. The summed E-state index contributed by atoms with van der Waals surface area (Å²) in [5, 5.41) is 19.6. The van der Waals surface area contributed by atoms with Crippen molar-refractivity contribution in [3.63, 3.8) is 0 Å². The minimum Gasteiger partial charge on any atom is -0.385 e. The van der Waals surface area contributed by atoms with E-state index in [-0.39, 0.29) is 24.2 Å². The summed E-state index contributed by atoms with van der Waals surface area (Å²) in [7, 11) is 0. The quantitative estimate of drug-likeness (QED) is 0.336. The van der Waals surface area contributed by atoms with E-state index in [0.29, 0.717) is 58.0 Å². The standard InChI is InChI=1S/C26H19F4N7/c1-2-34-20-5-15(27)4-17-16(20)6-21-23(17)24(18(11-35-21)14-3-13(7-31)8-32-9-14)37-22-12-33-10-19(22)25(36-37)26(28,29)30/h3-5,8-9,11,33-34H,2,6,10,12H2,1H3. The molecule has 0 fully saturated rings. The monoisotopic (exact) mass is 505 g/mol. The second kappa shape index (κ2) is 8.38. The van der Waals surface area contributed by atoms with Gasteiger partial charge in [-0.2, -0.15) is 23.5 Å². The second-order valence-corrected chi connectivity index (χ2v) is 8.89. The Bertz CT molecular complexity index is 1610. The molecule has 1 aliphatic heterocycles. The van der Waals surface area contributed by atoms with E-state index in [1.807, 2.05) is 13.0 Å². The van der Waals surface area contributed by atoms with Crippen LogP contribution >= 0.6 is 0 Å². The molecule has 1 aromatic carbocycles. The Morgan fingerprint density at radius 2 is 1.95 bits per heavy atom. The number of nitrogens with zero attached hydrogens (tertiary/aromatic N) is 5. The molecular formula is C26H19F4N7. The maximum atomic E-state index is 14.8. The summed E-state index contributed by atoms with van der Waals surface area (Å²) >= 11 is 0. The number of nitrogens with one attached hydrogen (secondary N) is 2. The molecule has 0 atom stereocenters. The van der Waals surface area contributed by atoms with E-state index < -0.39 is 17.7 Å². The van der Waals surface area contributed by atoms with Crippen molar-refractivity contribution in [1.29, 1.82) is 5.26 Å². The number of hydrogen-bond acceptors (Lipinski definition) is 6. The first kappa shape index (κ1) is 23.1. The van der Waals surface area contributed by atoms with Crippen molar-refractivity contribution in [1.82, 2.24) is 25.1 Å². The van der Waals surface area contributed by atoms with Gasteiger partial charge < -0.3 is 10.6 Å². The summed E-state index contributed by atoms with van der Waals surface area (Å²) in [4.78, 5) is 8.76. The fourth-order valence-electron chi connectivity index (χ4n) is 5.17. The molecule has 0 radical (unpaired) electrons. The van der Waals surface area contributed by atoms with Crippen LogP contribution in [0.3, 0.4) is 0 Å². The van der Waals surface area contributed by atoms with Gasteiger partial charge in [0.05, 0.1) is 22.6 Å². The van der Waals surface area contributed by atoms with Crippen molar-refractivity contribution >= 4 is 5.69 Å². The number of hydrogen-bond donors (Lipinski definition) is 2. The van der Waals surface area contributed by atoms with Gasteiger partial charge in [-0.15, -0.1) is 0 Å². The van der Waals surface area contributed by atoms with Gasteiger partial charge in [0.25, 0.3) is 0 Å². The molecule has 0 spiro atoms. The van der Waals surface area contributed by atoms with Crippen molar-refractivity contribution in [2.75, 3.05) is 11.9 Å². The molecule has 186 valence electrons. The molecule has 2 N–H and O–H groups in total. The zero-order chi connectivity index (χ0) is 25.9. The molecule has 1 aliphatic carbocycles. The SMILES string of the molecule is CCNc1cc(F)cc2c1Cc1ncc(-c3cncc(C#N)c3)c(-n3nc(C(F)(F)F)c4c3CNC4)c1-2. The van der Waals surface area contributed by atoms with E-state index in [1.165, 1.54) is 29.2 Å². The van der Waals surface area contributed by atoms with Crippen LogP contribution in [0.4, 0.5) is 23.2 Å². The third kappa shape index (κ3) is 3.64. The Morgan fingerprint density at radius 1 is 1.11 bits per heavy atom. The Labute approximate surface area is 208 Å². The smallest absolute Gasteiger partial charge is 0.385 e. The van der Waals surface area contributed by atoms with E-state index in [4.69, 9.17) is 0 Å². The molecule has 3 aromatic heterocycles. The molecule has 11 heteroatoms. The Morgan fingerprint density at radius 3 is 2.70 bits per heavy atom. The zero-order valence-electron chi connectivity index (χ0n) is 19.5. The van der Waals surface area contributed by atoms with Gasteiger partial charge in [-0.25, -0.2) is 9.07 Å². The van der Waals surface area contributed by atoms with Gasteiger partial charge in [0.15, 0.2) is 5.69 Å². The summed E-state index contributed by atoms with van der Waals surface area (Å²) in [6.07, 6.45) is 0.207. The lowest BCUT2D eigenvalue weighted by Gasteiger charge is -2.17. The largest absolute Gasteiger partial charge is 0.435 e.